The first-order valence-electron chi connectivity index (χ1n) is 6.64. The van der Waals surface area contributed by atoms with E-state index in [9.17, 15) is 4.79 Å². The van der Waals surface area contributed by atoms with E-state index in [-0.39, 0.29) is 17.9 Å². The molecule has 0 radical (unpaired) electrons. The highest BCUT2D eigenvalue weighted by molar-refractivity contribution is 5.77. The molecule has 3 nitrogen and oxygen atoms in total. The van der Waals surface area contributed by atoms with Crippen molar-refractivity contribution in [1.29, 1.82) is 0 Å². The minimum atomic E-state index is -0.0331. The largest absolute Gasteiger partial charge is 0.484 e. The van der Waals surface area contributed by atoms with Crippen molar-refractivity contribution in [2.45, 2.75) is 33.6 Å². The van der Waals surface area contributed by atoms with Crippen LogP contribution < -0.4 is 4.74 Å². The van der Waals surface area contributed by atoms with Crippen LogP contribution in [0.15, 0.2) is 24.3 Å². The molecule has 1 unspecified atom stereocenters. The van der Waals surface area contributed by atoms with Crippen LogP contribution in [0.1, 0.15) is 39.2 Å². The molecule has 1 aromatic rings. The highest BCUT2D eigenvalue weighted by Gasteiger charge is 2.21. The lowest BCUT2D eigenvalue weighted by molar-refractivity contribution is -0.130. The predicted octanol–water partition coefficient (Wildman–Crippen LogP) is 3.30. The second-order valence-electron chi connectivity index (χ2n) is 6.24. The van der Waals surface area contributed by atoms with Crippen molar-refractivity contribution >= 4 is 5.91 Å². The summed E-state index contributed by atoms with van der Waals surface area (Å²) in [6, 6.07) is 8.00. The van der Waals surface area contributed by atoms with Crippen molar-refractivity contribution in [1.82, 2.24) is 4.90 Å². The Labute approximate surface area is 116 Å². The van der Waals surface area contributed by atoms with E-state index in [4.69, 9.17) is 4.74 Å². The maximum atomic E-state index is 11.5. The molecule has 0 fully saturated rings. The Morgan fingerprint density at radius 3 is 2.47 bits per heavy atom. The molecule has 19 heavy (non-hydrogen) atoms. The average molecular weight is 263 g/mol. The van der Waals surface area contributed by atoms with Crippen molar-refractivity contribution in [2.75, 3.05) is 20.7 Å². The summed E-state index contributed by atoms with van der Waals surface area (Å²) in [4.78, 5) is 13.0. The van der Waals surface area contributed by atoms with Crippen molar-refractivity contribution in [3.05, 3.63) is 29.8 Å². The first kappa shape index (κ1) is 15.5. The van der Waals surface area contributed by atoms with Crippen LogP contribution in [0.4, 0.5) is 0 Å². The Morgan fingerprint density at radius 2 is 1.95 bits per heavy atom. The molecule has 3 heteroatoms. The molecular weight excluding hydrogens is 238 g/mol. The number of hydrogen-bond acceptors (Lipinski definition) is 2. The fraction of sp³-hybridized carbons (Fsp3) is 0.562. The first-order valence-corrected chi connectivity index (χ1v) is 6.64. The highest BCUT2D eigenvalue weighted by atomic mass is 16.5. The SMILES string of the molecule is CC(c1cccc(OCC(=O)N(C)C)c1)C(C)(C)C. The Morgan fingerprint density at radius 1 is 1.32 bits per heavy atom. The van der Waals surface area contributed by atoms with Gasteiger partial charge >= 0.3 is 0 Å². The van der Waals surface area contributed by atoms with E-state index in [1.54, 1.807) is 14.1 Å². The molecule has 0 N–H and O–H groups in total. The molecule has 0 aliphatic rings. The number of rotatable bonds is 4. The van der Waals surface area contributed by atoms with Gasteiger partial charge in [0.2, 0.25) is 0 Å². The summed E-state index contributed by atoms with van der Waals surface area (Å²) < 4.78 is 5.54. The molecule has 0 aromatic heterocycles. The lowest BCUT2D eigenvalue weighted by Crippen LogP contribution is -2.27. The van der Waals surface area contributed by atoms with Crippen LogP contribution >= 0.6 is 0 Å². The van der Waals surface area contributed by atoms with E-state index in [1.165, 1.54) is 10.5 Å². The van der Waals surface area contributed by atoms with Gasteiger partial charge in [-0.15, -0.1) is 0 Å². The fourth-order valence-corrected chi connectivity index (χ4v) is 1.65. The van der Waals surface area contributed by atoms with Crippen LogP contribution in [0.3, 0.4) is 0 Å². The molecule has 0 aliphatic heterocycles. The topological polar surface area (TPSA) is 29.5 Å². The summed E-state index contributed by atoms with van der Waals surface area (Å²) in [6.07, 6.45) is 0. The van der Waals surface area contributed by atoms with Crippen molar-refractivity contribution in [3.8, 4) is 5.75 Å². The molecule has 0 saturated heterocycles. The molecule has 0 spiro atoms. The number of hydrogen-bond donors (Lipinski definition) is 0. The highest BCUT2D eigenvalue weighted by Crippen LogP contribution is 2.35. The van der Waals surface area contributed by atoms with Crippen molar-refractivity contribution in [3.63, 3.8) is 0 Å². The van der Waals surface area contributed by atoms with Gasteiger partial charge in [-0.3, -0.25) is 4.79 Å². The van der Waals surface area contributed by atoms with Gasteiger partial charge in [0, 0.05) is 14.1 Å². The number of benzene rings is 1. The molecule has 1 amide bonds. The molecule has 0 bridgehead atoms. The van der Waals surface area contributed by atoms with Gasteiger partial charge in [-0.1, -0.05) is 39.8 Å². The molecule has 1 atom stereocenters. The van der Waals surface area contributed by atoms with E-state index >= 15 is 0 Å². The zero-order valence-electron chi connectivity index (χ0n) is 12.9. The number of likely N-dealkylation sites (N-methyl/N-ethyl adjacent to an activating group) is 1. The molecule has 106 valence electrons. The number of ether oxygens (including phenoxy) is 1. The third-order valence-corrected chi connectivity index (χ3v) is 3.52. The Kier molecular flexibility index (Phi) is 4.98. The van der Waals surface area contributed by atoms with Gasteiger partial charge in [-0.2, -0.15) is 0 Å². The number of carbonyl (C=O) groups excluding carboxylic acids is 1. The maximum absolute atomic E-state index is 11.5. The molecule has 0 saturated carbocycles. The zero-order chi connectivity index (χ0) is 14.6. The van der Waals surface area contributed by atoms with Crippen molar-refractivity contribution < 1.29 is 9.53 Å². The molecule has 1 aromatic carbocycles. The minimum Gasteiger partial charge on any atom is -0.484 e. The van der Waals surface area contributed by atoms with E-state index < -0.39 is 0 Å². The van der Waals surface area contributed by atoms with Crippen LogP contribution in [0, 0.1) is 5.41 Å². The van der Waals surface area contributed by atoms with Gasteiger partial charge in [-0.25, -0.2) is 0 Å². The summed E-state index contributed by atoms with van der Waals surface area (Å²) in [5.74, 6) is 1.15. The van der Waals surface area contributed by atoms with Crippen LogP contribution in [0.5, 0.6) is 5.75 Å². The van der Waals surface area contributed by atoms with Crippen LogP contribution in [-0.2, 0) is 4.79 Å². The van der Waals surface area contributed by atoms with Crippen molar-refractivity contribution in [2.24, 2.45) is 5.41 Å². The van der Waals surface area contributed by atoms with Gasteiger partial charge in [0.1, 0.15) is 5.75 Å². The van der Waals surface area contributed by atoms with E-state index in [0.717, 1.165) is 5.75 Å². The van der Waals surface area contributed by atoms with Gasteiger partial charge in [0.25, 0.3) is 5.91 Å². The first-order chi connectivity index (χ1) is 8.71. The number of nitrogens with zero attached hydrogens (tertiary/aromatic N) is 1. The van der Waals surface area contributed by atoms with Crippen LogP contribution in [0.2, 0.25) is 0 Å². The van der Waals surface area contributed by atoms with E-state index in [1.807, 2.05) is 18.2 Å². The van der Waals surface area contributed by atoms with E-state index in [0.29, 0.717) is 5.92 Å². The third kappa shape index (κ3) is 4.58. The monoisotopic (exact) mass is 263 g/mol. The summed E-state index contributed by atoms with van der Waals surface area (Å²) in [6.45, 7) is 8.97. The van der Waals surface area contributed by atoms with Gasteiger partial charge in [0.05, 0.1) is 0 Å². The van der Waals surface area contributed by atoms with E-state index in [2.05, 4.69) is 33.8 Å². The summed E-state index contributed by atoms with van der Waals surface area (Å²) in [5, 5.41) is 0. The number of carbonyl (C=O) groups is 1. The summed E-state index contributed by atoms with van der Waals surface area (Å²) >= 11 is 0. The maximum Gasteiger partial charge on any atom is 0.259 e. The van der Waals surface area contributed by atoms with Crippen LogP contribution in [0.25, 0.3) is 0 Å². The molecule has 0 aliphatic carbocycles. The Balaban J connectivity index is 2.75. The number of amides is 1. The van der Waals surface area contributed by atoms with Gasteiger partial charge < -0.3 is 9.64 Å². The second kappa shape index (κ2) is 6.09. The standard InChI is InChI=1S/C16H25NO2/c1-12(16(2,3)4)13-8-7-9-14(10-13)19-11-15(18)17(5)6/h7-10,12H,11H2,1-6H3. The second-order valence-corrected chi connectivity index (χ2v) is 6.24. The smallest absolute Gasteiger partial charge is 0.259 e. The molecule has 0 heterocycles. The Hall–Kier alpha value is -1.51. The summed E-state index contributed by atoms with van der Waals surface area (Å²) in [5.41, 5.74) is 1.44. The average Bonchev–Trinajstić information content (AvgIpc) is 2.34. The lowest BCUT2D eigenvalue weighted by Gasteiger charge is -2.27. The predicted molar refractivity (Wildman–Crippen MR) is 78.5 cm³/mol. The molecular formula is C16H25NO2. The van der Waals surface area contributed by atoms with Gasteiger partial charge in [-0.05, 0) is 29.0 Å². The van der Waals surface area contributed by atoms with Crippen LogP contribution in [-0.4, -0.2) is 31.5 Å². The lowest BCUT2D eigenvalue weighted by atomic mass is 9.78. The fourth-order valence-electron chi connectivity index (χ4n) is 1.65. The Bertz CT molecular complexity index is 433. The summed E-state index contributed by atoms with van der Waals surface area (Å²) in [7, 11) is 3.45. The normalized spacial score (nSPS) is 12.9. The quantitative estimate of drug-likeness (QED) is 0.834. The molecule has 1 rings (SSSR count). The van der Waals surface area contributed by atoms with Gasteiger partial charge in [0.15, 0.2) is 6.61 Å². The zero-order valence-corrected chi connectivity index (χ0v) is 12.9. The third-order valence-electron chi connectivity index (χ3n) is 3.52. The minimum absolute atomic E-state index is 0.0331.